The minimum Gasteiger partial charge on any atom is -0.507 e. The van der Waals surface area contributed by atoms with Crippen molar-refractivity contribution >= 4 is 17.4 Å². The number of rotatable bonds is 4. The average molecular weight is 411 g/mol. The van der Waals surface area contributed by atoms with Crippen molar-refractivity contribution in [2.24, 2.45) is 0 Å². The number of nitrogens with zero attached hydrogens (tertiary/aromatic N) is 1. The normalized spacial score (nSPS) is 19.7. The first-order chi connectivity index (χ1) is 14.5. The van der Waals surface area contributed by atoms with Crippen molar-refractivity contribution in [3.8, 4) is 23.0 Å². The monoisotopic (exact) mass is 411 g/mol. The van der Waals surface area contributed by atoms with Gasteiger partial charge in [0.2, 0.25) is 0 Å². The summed E-state index contributed by atoms with van der Waals surface area (Å²) in [5, 5.41) is 11.1. The first-order valence-electron chi connectivity index (χ1n) is 9.32. The molecule has 0 bridgehead atoms. The summed E-state index contributed by atoms with van der Waals surface area (Å²) in [7, 11) is 4.52. The van der Waals surface area contributed by atoms with Crippen molar-refractivity contribution in [3.63, 3.8) is 0 Å². The Bertz CT molecular complexity index is 1060. The van der Waals surface area contributed by atoms with Gasteiger partial charge in [0.1, 0.15) is 30.5 Å². The van der Waals surface area contributed by atoms with Crippen LogP contribution in [0.5, 0.6) is 23.0 Å². The van der Waals surface area contributed by atoms with Crippen LogP contribution in [0.4, 0.5) is 0 Å². The molecule has 2 heterocycles. The van der Waals surface area contributed by atoms with Gasteiger partial charge in [-0.1, -0.05) is 0 Å². The van der Waals surface area contributed by atoms with Gasteiger partial charge in [-0.2, -0.15) is 0 Å². The fourth-order valence-corrected chi connectivity index (χ4v) is 3.71. The lowest BCUT2D eigenvalue weighted by Gasteiger charge is -2.23. The van der Waals surface area contributed by atoms with Crippen LogP contribution in [0.1, 0.15) is 17.2 Å². The standard InChI is InChI=1S/C22H21NO7/c1-23-19(14-11-13(27-2)5-7-15(14)28-3)18(21(25)22(23)26)20(24)12-4-6-16-17(10-12)30-9-8-29-16/h4-7,10-11,19,24H,8-9H2,1-3H3/b20-18+. The molecule has 0 radical (unpaired) electrons. The van der Waals surface area contributed by atoms with Gasteiger partial charge in [0.25, 0.3) is 11.7 Å². The average Bonchev–Trinajstić information content (AvgIpc) is 3.01. The molecule has 0 spiro atoms. The summed E-state index contributed by atoms with van der Waals surface area (Å²) in [6, 6.07) is 9.11. The SMILES string of the molecule is COc1ccc(OC)c(C2/C(=C(\O)c3ccc4c(c3)OCCO4)C(=O)C(=O)N2C)c1. The molecular weight excluding hydrogens is 390 g/mol. The zero-order chi connectivity index (χ0) is 21.4. The molecule has 1 amide bonds. The number of likely N-dealkylation sites (N-methyl/N-ethyl adjacent to an activating group) is 1. The maximum atomic E-state index is 12.8. The van der Waals surface area contributed by atoms with Crippen molar-refractivity contribution in [2.75, 3.05) is 34.5 Å². The highest BCUT2D eigenvalue weighted by Crippen LogP contribution is 2.43. The molecule has 1 unspecified atom stereocenters. The summed E-state index contributed by atoms with van der Waals surface area (Å²) in [5.41, 5.74) is 0.834. The number of carbonyl (C=O) groups excluding carboxylic acids is 2. The van der Waals surface area contributed by atoms with Crippen LogP contribution in [0.25, 0.3) is 5.76 Å². The predicted octanol–water partition coefficient (Wildman–Crippen LogP) is 2.53. The summed E-state index contributed by atoms with van der Waals surface area (Å²) >= 11 is 0. The fraction of sp³-hybridized carbons (Fsp3) is 0.273. The molecule has 8 nitrogen and oxygen atoms in total. The molecule has 0 aliphatic carbocycles. The van der Waals surface area contributed by atoms with E-state index in [2.05, 4.69) is 0 Å². The summed E-state index contributed by atoms with van der Waals surface area (Å²) in [6.07, 6.45) is 0. The molecule has 2 aliphatic heterocycles. The number of aliphatic hydroxyl groups excluding tert-OH is 1. The van der Waals surface area contributed by atoms with Crippen molar-refractivity contribution < 1.29 is 33.6 Å². The number of carbonyl (C=O) groups is 2. The Labute approximate surface area is 173 Å². The van der Waals surface area contributed by atoms with E-state index in [1.165, 1.54) is 26.2 Å². The second-order valence-electron chi connectivity index (χ2n) is 6.88. The van der Waals surface area contributed by atoms with Crippen LogP contribution < -0.4 is 18.9 Å². The summed E-state index contributed by atoms with van der Waals surface area (Å²) < 4.78 is 21.8. The van der Waals surface area contributed by atoms with Crippen LogP contribution in [-0.2, 0) is 9.59 Å². The second kappa shape index (κ2) is 7.62. The fourth-order valence-electron chi connectivity index (χ4n) is 3.71. The molecule has 1 fully saturated rings. The predicted molar refractivity (Wildman–Crippen MR) is 107 cm³/mol. The van der Waals surface area contributed by atoms with Gasteiger partial charge in [-0.25, -0.2) is 0 Å². The Kier molecular flexibility index (Phi) is 4.99. The molecule has 1 N–H and O–H groups in total. The first kappa shape index (κ1) is 19.6. The van der Waals surface area contributed by atoms with Crippen LogP contribution in [0.2, 0.25) is 0 Å². The van der Waals surface area contributed by atoms with E-state index < -0.39 is 17.7 Å². The van der Waals surface area contributed by atoms with Crippen molar-refractivity contribution in [2.45, 2.75) is 6.04 Å². The zero-order valence-electron chi connectivity index (χ0n) is 16.8. The van der Waals surface area contributed by atoms with Gasteiger partial charge >= 0.3 is 0 Å². The van der Waals surface area contributed by atoms with Crippen LogP contribution >= 0.6 is 0 Å². The number of aliphatic hydroxyl groups is 1. The van der Waals surface area contributed by atoms with Gasteiger partial charge < -0.3 is 29.0 Å². The molecule has 0 saturated carbocycles. The van der Waals surface area contributed by atoms with E-state index in [4.69, 9.17) is 18.9 Å². The van der Waals surface area contributed by atoms with Crippen LogP contribution in [0.15, 0.2) is 42.0 Å². The number of fused-ring (bicyclic) bond motifs is 1. The molecule has 1 atom stereocenters. The van der Waals surface area contributed by atoms with E-state index in [0.29, 0.717) is 47.3 Å². The lowest BCUT2D eigenvalue weighted by molar-refractivity contribution is -0.139. The van der Waals surface area contributed by atoms with E-state index in [0.717, 1.165) is 0 Å². The summed E-state index contributed by atoms with van der Waals surface area (Å²) in [6.45, 7) is 0.826. The van der Waals surface area contributed by atoms with Crippen molar-refractivity contribution in [3.05, 3.63) is 53.1 Å². The number of ketones is 1. The Balaban J connectivity index is 1.88. The lowest BCUT2D eigenvalue weighted by atomic mass is 9.94. The Morgan fingerprint density at radius 3 is 2.47 bits per heavy atom. The van der Waals surface area contributed by atoms with Crippen LogP contribution in [0.3, 0.4) is 0 Å². The summed E-state index contributed by atoms with van der Waals surface area (Å²) in [4.78, 5) is 26.6. The molecule has 2 aromatic carbocycles. The molecule has 30 heavy (non-hydrogen) atoms. The highest BCUT2D eigenvalue weighted by molar-refractivity contribution is 6.46. The van der Waals surface area contributed by atoms with Gasteiger partial charge in [0.15, 0.2) is 11.5 Å². The van der Waals surface area contributed by atoms with Gasteiger partial charge in [0, 0.05) is 18.2 Å². The van der Waals surface area contributed by atoms with Gasteiger partial charge in [0.05, 0.1) is 25.8 Å². The molecular formula is C22H21NO7. The number of methoxy groups -OCH3 is 2. The quantitative estimate of drug-likeness (QED) is 0.469. The van der Waals surface area contributed by atoms with Gasteiger partial charge in [-0.15, -0.1) is 0 Å². The van der Waals surface area contributed by atoms with E-state index in [-0.39, 0.29) is 11.3 Å². The topological polar surface area (TPSA) is 94.5 Å². The minimum absolute atomic E-state index is 0.0364. The molecule has 156 valence electrons. The third-order valence-corrected chi connectivity index (χ3v) is 5.22. The number of likely N-dealkylation sites (tertiary alicyclic amines) is 1. The Morgan fingerprint density at radius 1 is 1.03 bits per heavy atom. The molecule has 2 aromatic rings. The second-order valence-corrected chi connectivity index (χ2v) is 6.88. The van der Waals surface area contributed by atoms with Crippen LogP contribution in [-0.4, -0.2) is 56.2 Å². The van der Waals surface area contributed by atoms with E-state index >= 15 is 0 Å². The largest absolute Gasteiger partial charge is 0.507 e. The zero-order valence-corrected chi connectivity index (χ0v) is 16.8. The van der Waals surface area contributed by atoms with E-state index in [1.54, 1.807) is 36.4 Å². The number of ether oxygens (including phenoxy) is 4. The maximum Gasteiger partial charge on any atom is 0.295 e. The molecule has 8 heteroatoms. The smallest absolute Gasteiger partial charge is 0.295 e. The van der Waals surface area contributed by atoms with Crippen molar-refractivity contribution in [1.82, 2.24) is 4.90 Å². The Morgan fingerprint density at radius 2 is 1.77 bits per heavy atom. The van der Waals surface area contributed by atoms with Gasteiger partial charge in [-0.3, -0.25) is 9.59 Å². The minimum atomic E-state index is -0.844. The number of Topliss-reactive ketones (excluding diaryl/α,β-unsaturated/α-hetero) is 1. The van der Waals surface area contributed by atoms with E-state index in [9.17, 15) is 14.7 Å². The number of hydrogen-bond donors (Lipinski definition) is 1. The number of benzene rings is 2. The number of amides is 1. The third-order valence-electron chi connectivity index (χ3n) is 5.22. The molecule has 1 saturated heterocycles. The lowest BCUT2D eigenvalue weighted by Crippen LogP contribution is -2.25. The third kappa shape index (κ3) is 3.10. The molecule has 4 rings (SSSR count). The van der Waals surface area contributed by atoms with Crippen LogP contribution in [0, 0.1) is 0 Å². The van der Waals surface area contributed by atoms with E-state index in [1.807, 2.05) is 0 Å². The molecule has 2 aliphatic rings. The first-order valence-corrected chi connectivity index (χ1v) is 9.32. The molecule has 0 aromatic heterocycles. The van der Waals surface area contributed by atoms with Crippen molar-refractivity contribution in [1.29, 1.82) is 0 Å². The highest BCUT2D eigenvalue weighted by Gasteiger charge is 2.45. The van der Waals surface area contributed by atoms with Gasteiger partial charge in [-0.05, 0) is 36.4 Å². The Hall–Kier alpha value is -3.68. The summed E-state index contributed by atoms with van der Waals surface area (Å²) in [5.74, 6) is 0.214. The maximum absolute atomic E-state index is 12.8. The number of hydrogen-bond acceptors (Lipinski definition) is 7. The highest BCUT2D eigenvalue weighted by atomic mass is 16.6.